The molecule has 0 amide bonds. The Balaban J connectivity index is 2.95. The van der Waals surface area contributed by atoms with Gasteiger partial charge in [-0.25, -0.2) is 4.98 Å². The first-order chi connectivity index (χ1) is 7.57. The lowest BCUT2D eigenvalue weighted by atomic mass is 10.4. The van der Waals surface area contributed by atoms with Crippen LogP contribution in [0.3, 0.4) is 0 Å². The Morgan fingerprint density at radius 2 is 1.53 bits per heavy atom. The molecule has 0 radical (unpaired) electrons. The van der Waals surface area contributed by atoms with Crippen molar-refractivity contribution in [3.8, 4) is 11.6 Å². The first-order valence-electron chi connectivity index (χ1n) is 5.60. The predicted molar refractivity (Wildman–Crippen MR) is 77.2 cm³/mol. The topological polar surface area (TPSA) is 31.4 Å². The minimum absolute atomic E-state index is 0.537. The van der Waals surface area contributed by atoms with E-state index in [1.54, 1.807) is 12.3 Å². The van der Waals surface area contributed by atoms with Crippen molar-refractivity contribution >= 4 is 28.2 Å². The number of nitrogens with zero attached hydrogens (tertiary/aromatic N) is 1. The Kier molecular flexibility index (Phi) is 4.27. The lowest BCUT2D eigenvalue weighted by Crippen LogP contribution is -2.31. The van der Waals surface area contributed by atoms with Gasteiger partial charge >= 0.3 is 0 Å². The Morgan fingerprint density at radius 1 is 1.00 bits per heavy atom. The third-order valence-electron chi connectivity index (χ3n) is 1.62. The van der Waals surface area contributed by atoms with Crippen LogP contribution in [0.4, 0.5) is 0 Å². The van der Waals surface area contributed by atoms with Gasteiger partial charge in [0.1, 0.15) is 5.75 Å². The highest BCUT2D eigenvalue weighted by molar-refractivity contribution is 6.71. The van der Waals surface area contributed by atoms with Crippen LogP contribution in [-0.2, 0) is 0 Å². The van der Waals surface area contributed by atoms with Crippen LogP contribution in [0, 0.1) is 0 Å². The standard InChI is InChI=1S/C11H20ClNO2Si2/c1-16(2,3)14-10-7-11(13-8-9(10)12)15-17(4,5)6/h7-8H,1-6H3. The van der Waals surface area contributed by atoms with E-state index in [-0.39, 0.29) is 0 Å². The van der Waals surface area contributed by atoms with Gasteiger partial charge in [-0.2, -0.15) is 0 Å². The van der Waals surface area contributed by atoms with Gasteiger partial charge in [0.15, 0.2) is 0 Å². The van der Waals surface area contributed by atoms with Crippen molar-refractivity contribution in [3.05, 3.63) is 17.3 Å². The zero-order valence-electron chi connectivity index (χ0n) is 11.3. The van der Waals surface area contributed by atoms with Gasteiger partial charge in [0.25, 0.3) is 0 Å². The summed E-state index contributed by atoms with van der Waals surface area (Å²) in [6, 6.07) is 1.79. The Bertz CT molecular complexity index is 399. The molecular weight excluding hydrogens is 270 g/mol. The molecule has 0 saturated heterocycles. The van der Waals surface area contributed by atoms with Crippen LogP contribution in [0.1, 0.15) is 0 Å². The van der Waals surface area contributed by atoms with Crippen LogP contribution in [0.25, 0.3) is 0 Å². The van der Waals surface area contributed by atoms with E-state index in [0.29, 0.717) is 16.7 Å². The van der Waals surface area contributed by atoms with Gasteiger partial charge in [0.05, 0.1) is 11.2 Å². The average molecular weight is 290 g/mol. The number of hydrogen-bond donors (Lipinski definition) is 0. The largest absolute Gasteiger partial charge is 0.543 e. The summed E-state index contributed by atoms with van der Waals surface area (Å²) in [6.07, 6.45) is 1.59. The third-order valence-corrected chi connectivity index (χ3v) is 3.56. The molecule has 0 aromatic carbocycles. The summed E-state index contributed by atoms with van der Waals surface area (Å²) in [7, 11) is -3.31. The lowest BCUT2D eigenvalue weighted by molar-refractivity contribution is 0.516. The van der Waals surface area contributed by atoms with Crippen molar-refractivity contribution in [2.24, 2.45) is 0 Å². The molecule has 0 saturated carbocycles. The van der Waals surface area contributed by atoms with Crippen LogP contribution < -0.4 is 8.85 Å². The fourth-order valence-corrected chi connectivity index (χ4v) is 2.95. The third kappa shape index (κ3) is 5.56. The van der Waals surface area contributed by atoms with E-state index in [1.165, 1.54) is 0 Å². The Labute approximate surface area is 110 Å². The van der Waals surface area contributed by atoms with Crippen molar-refractivity contribution < 1.29 is 8.85 Å². The van der Waals surface area contributed by atoms with Crippen molar-refractivity contribution in [1.82, 2.24) is 4.98 Å². The molecule has 6 heteroatoms. The molecule has 1 rings (SSSR count). The highest BCUT2D eigenvalue weighted by Gasteiger charge is 2.21. The van der Waals surface area contributed by atoms with Crippen LogP contribution in [0.2, 0.25) is 44.3 Å². The summed E-state index contributed by atoms with van der Waals surface area (Å²) < 4.78 is 11.7. The SMILES string of the molecule is C[Si](C)(C)Oc1cc(O[Si](C)(C)C)c(Cl)cn1. The average Bonchev–Trinajstić information content (AvgIpc) is 2.05. The molecule has 0 aliphatic rings. The maximum absolute atomic E-state index is 6.06. The minimum atomic E-state index is -1.67. The van der Waals surface area contributed by atoms with E-state index in [4.69, 9.17) is 20.5 Å². The van der Waals surface area contributed by atoms with Crippen molar-refractivity contribution in [1.29, 1.82) is 0 Å². The smallest absolute Gasteiger partial charge is 0.244 e. The number of halogens is 1. The van der Waals surface area contributed by atoms with Crippen molar-refractivity contribution in [2.75, 3.05) is 0 Å². The zero-order valence-corrected chi connectivity index (χ0v) is 14.1. The summed E-state index contributed by atoms with van der Waals surface area (Å²) in [5.74, 6) is 1.27. The van der Waals surface area contributed by atoms with Gasteiger partial charge in [-0.15, -0.1) is 0 Å². The van der Waals surface area contributed by atoms with Gasteiger partial charge in [-0.1, -0.05) is 11.6 Å². The molecule has 1 aromatic rings. The second kappa shape index (κ2) is 5.00. The van der Waals surface area contributed by atoms with Gasteiger partial charge < -0.3 is 8.85 Å². The molecule has 96 valence electrons. The number of pyridine rings is 1. The molecular formula is C11H20ClNO2Si2. The summed E-state index contributed by atoms with van der Waals surface area (Å²) in [5, 5.41) is 0.537. The molecule has 17 heavy (non-hydrogen) atoms. The second-order valence-corrected chi connectivity index (χ2v) is 15.1. The van der Waals surface area contributed by atoms with Gasteiger partial charge in [0, 0.05) is 6.07 Å². The van der Waals surface area contributed by atoms with E-state index in [0.717, 1.165) is 0 Å². The van der Waals surface area contributed by atoms with E-state index >= 15 is 0 Å². The summed E-state index contributed by atoms with van der Waals surface area (Å²) in [6.45, 7) is 12.7. The molecule has 0 aliphatic heterocycles. The number of hydrogen-bond acceptors (Lipinski definition) is 3. The molecule has 0 spiro atoms. The Hall–Kier alpha value is -0.526. The minimum Gasteiger partial charge on any atom is -0.543 e. The van der Waals surface area contributed by atoms with Crippen LogP contribution in [0.5, 0.6) is 11.6 Å². The summed E-state index contributed by atoms with van der Waals surface area (Å²) in [5.41, 5.74) is 0. The second-order valence-electron chi connectivity index (χ2n) is 5.88. The first-order valence-corrected chi connectivity index (χ1v) is 12.8. The number of rotatable bonds is 4. The van der Waals surface area contributed by atoms with Crippen molar-refractivity contribution in [2.45, 2.75) is 39.3 Å². The van der Waals surface area contributed by atoms with Crippen LogP contribution in [0.15, 0.2) is 12.3 Å². The number of aromatic nitrogens is 1. The quantitative estimate of drug-likeness (QED) is 0.780. The van der Waals surface area contributed by atoms with Gasteiger partial charge in [0.2, 0.25) is 22.5 Å². The van der Waals surface area contributed by atoms with E-state index < -0.39 is 16.6 Å². The molecule has 0 N–H and O–H groups in total. The monoisotopic (exact) mass is 289 g/mol. The Morgan fingerprint density at radius 3 is 2.00 bits per heavy atom. The van der Waals surface area contributed by atoms with E-state index in [2.05, 4.69) is 44.3 Å². The molecule has 0 aliphatic carbocycles. The lowest BCUT2D eigenvalue weighted by Gasteiger charge is -2.22. The van der Waals surface area contributed by atoms with Crippen LogP contribution >= 0.6 is 11.6 Å². The maximum Gasteiger partial charge on any atom is 0.244 e. The molecule has 0 unspecified atom stereocenters. The molecule has 1 aromatic heterocycles. The summed E-state index contributed by atoms with van der Waals surface area (Å²) >= 11 is 6.06. The molecule has 0 atom stereocenters. The fraction of sp³-hybridized carbons (Fsp3) is 0.545. The van der Waals surface area contributed by atoms with Crippen molar-refractivity contribution in [3.63, 3.8) is 0 Å². The zero-order chi connectivity index (χ0) is 13.3. The highest BCUT2D eigenvalue weighted by Crippen LogP contribution is 2.30. The van der Waals surface area contributed by atoms with E-state index in [9.17, 15) is 0 Å². The van der Waals surface area contributed by atoms with Gasteiger partial charge in [-0.05, 0) is 39.3 Å². The molecule has 3 nitrogen and oxygen atoms in total. The predicted octanol–water partition coefficient (Wildman–Crippen LogP) is 4.16. The van der Waals surface area contributed by atoms with E-state index in [1.807, 2.05) is 0 Å². The molecule has 1 heterocycles. The van der Waals surface area contributed by atoms with Gasteiger partial charge in [-0.3, -0.25) is 0 Å². The molecule has 0 fully saturated rings. The maximum atomic E-state index is 6.06. The molecule has 0 bridgehead atoms. The highest BCUT2D eigenvalue weighted by atomic mass is 35.5. The fourth-order valence-electron chi connectivity index (χ4n) is 1.18. The van der Waals surface area contributed by atoms with Crippen LogP contribution in [-0.4, -0.2) is 21.6 Å². The normalized spacial score (nSPS) is 12.4. The summed E-state index contributed by atoms with van der Waals surface area (Å²) in [4.78, 5) is 4.17. The first kappa shape index (κ1) is 14.5.